The van der Waals surface area contributed by atoms with Crippen LogP contribution in [0.3, 0.4) is 0 Å². The number of amides is 1. The number of nitrogens with zero attached hydrogens (tertiary/aromatic N) is 2. The molecule has 4 heterocycles. The summed E-state index contributed by atoms with van der Waals surface area (Å²) in [4.78, 5) is 33.0. The molecule has 2 aliphatic heterocycles. The number of carbonyl (C=O) groups excluding carboxylic acids is 2. The van der Waals surface area contributed by atoms with Crippen molar-refractivity contribution in [2.45, 2.75) is 85.6 Å². The van der Waals surface area contributed by atoms with Crippen molar-refractivity contribution in [1.29, 1.82) is 0 Å². The third-order valence-electron chi connectivity index (χ3n) is 11.3. The topological polar surface area (TPSA) is 192 Å². The summed E-state index contributed by atoms with van der Waals surface area (Å²) in [5, 5.41) is 60.2. The van der Waals surface area contributed by atoms with Crippen LogP contribution in [0.5, 0.6) is 17.2 Å². The van der Waals surface area contributed by atoms with Crippen molar-refractivity contribution in [3.8, 4) is 17.2 Å². The smallest absolute Gasteiger partial charge is 0.312 e. The van der Waals surface area contributed by atoms with Crippen molar-refractivity contribution in [2.24, 2.45) is 23.7 Å². The zero-order valence-electron chi connectivity index (χ0n) is 31.9. The van der Waals surface area contributed by atoms with Gasteiger partial charge in [0, 0.05) is 60.4 Å². The van der Waals surface area contributed by atoms with Gasteiger partial charge in [0.05, 0.1) is 41.6 Å². The van der Waals surface area contributed by atoms with Crippen molar-refractivity contribution in [1.82, 2.24) is 9.38 Å². The lowest BCUT2D eigenvalue weighted by molar-refractivity contribution is -0.112. The van der Waals surface area contributed by atoms with E-state index in [0.717, 1.165) is 5.56 Å². The van der Waals surface area contributed by atoms with E-state index in [9.17, 15) is 35.1 Å². The molecule has 0 spiro atoms. The highest BCUT2D eigenvalue weighted by atomic mass is 16.7. The molecule has 13 nitrogen and oxygen atoms in total. The Labute approximate surface area is 313 Å². The Morgan fingerprint density at radius 2 is 1.59 bits per heavy atom. The normalized spacial score (nSPS) is 32.0. The molecule has 13 heteroatoms. The van der Waals surface area contributed by atoms with Gasteiger partial charge in [-0.05, 0) is 44.5 Å². The minimum atomic E-state index is -1.93. The van der Waals surface area contributed by atoms with Crippen LogP contribution in [0.25, 0.3) is 27.5 Å². The number of benzene rings is 2. The molecule has 2 unspecified atom stereocenters. The Bertz CT molecular complexity index is 2260. The van der Waals surface area contributed by atoms with Crippen molar-refractivity contribution >= 4 is 44.8 Å². The zero-order valence-corrected chi connectivity index (χ0v) is 31.9. The molecule has 54 heavy (non-hydrogen) atoms. The fraction of sp³-hybridized carbons (Fsp3) is 0.439. The highest BCUT2D eigenvalue weighted by molar-refractivity contribution is 6.28. The average Bonchev–Trinajstić information content (AvgIpc) is 3.64. The van der Waals surface area contributed by atoms with Gasteiger partial charge >= 0.3 is 5.79 Å². The molecule has 4 aromatic rings. The summed E-state index contributed by atoms with van der Waals surface area (Å²) in [5.41, 5.74) is 2.27. The number of methoxy groups -OCH3 is 1. The first-order valence-corrected chi connectivity index (χ1v) is 18.1. The van der Waals surface area contributed by atoms with Crippen LogP contribution in [0.4, 0.5) is 5.69 Å². The number of aromatic hydroxyl groups is 2. The average molecular weight is 744 g/mol. The van der Waals surface area contributed by atoms with E-state index >= 15 is 0 Å². The number of hydrogen-bond donors (Lipinski definition) is 6. The lowest BCUT2D eigenvalue weighted by atomic mass is 9.78. The van der Waals surface area contributed by atoms with E-state index in [-0.39, 0.29) is 55.7 Å². The predicted molar refractivity (Wildman–Crippen MR) is 204 cm³/mol. The van der Waals surface area contributed by atoms with Crippen LogP contribution in [0.1, 0.15) is 63.0 Å². The highest BCUT2D eigenvalue weighted by Crippen LogP contribution is 2.54. The van der Waals surface area contributed by atoms with Gasteiger partial charge in [0.25, 0.3) is 11.7 Å². The highest BCUT2D eigenvalue weighted by Gasteiger charge is 2.49. The second-order valence-electron chi connectivity index (χ2n) is 15.0. The molecule has 9 atom stereocenters. The Balaban J connectivity index is 1.58. The molecule has 4 bridgehead atoms. The van der Waals surface area contributed by atoms with Gasteiger partial charge in [-0.1, -0.05) is 45.9 Å². The number of imidazole rings is 1. The first kappa shape index (κ1) is 38.8. The van der Waals surface area contributed by atoms with E-state index in [1.54, 1.807) is 70.4 Å². The molecule has 0 fully saturated rings. The minimum absolute atomic E-state index is 0.0318. The number of ether oxygens (including phenoxy) is 3. The van der Waals surface area contributed by atoms with Crippen LogP contribution >= 0.6 is 0 Å². The third kappa shape index (κ3) is 6.28. The first-order chi connectivity index (χ1) is 25.4. The number of Topliss-reactive ketones (excluding diaryl/α,β-unsaturated/α-hetero) is 1. The zero-order chi connectivity index (χ0) is 39.5. The van der Waals surface area contributed by atoms with Gasteiger partial charge in [-0.25, -0.2) is 4.98 Å². The maximum Gasteiger partial charge on any atom is 0.312 e. The number of phenols is 2. The van der Waals surface area contributed by atoms with Gasteiger partial charge in [-0.2, -0.15) is 0 Å². The van der Waals surface area contributed by atoms with Gasteiger partial charge in [-0.15, -0.1) is 0 Å². The number of fused-ring (bicyclic) bond motifs is 2. The molecule has 0 saturated carbocycles. The third-order valence-corrected chi connectivity index (χ3v) is 11.3. The second kappa shape index (κ2) is 14.4. The number of nitrogens with one attached hydrogen (secondary N) is 1. The number of hydrogen-bond acceptors (Lipinski definition) is 11. The molecule has 0 aliphatic carbocycles. The molecule has 2 aliphatic rings. The molecule has 2 aromatic carbocycles. The number of aliphatic hydroxyl groups excluding tert-OH is 3. The van der Waals surface area contributed by atoms with Crippen LogP contribution < -0.4 is 10.1 Å². The summed E-state index contributed by atoms with van der Waals surface area (Å²) in [6, 6.07) is 3.65. The first-order valence-electron chi connectivity index (χ1n) is 18.1. The monoisotopic (exact) mass is 743 g/mol. The summed E-state index contributed by atoms with van der Waals surface area (Å²) >= 11 is 0. The Kier molecular flexibility index (Phi) is 10.3. The van der Waals surface area contributed by atoms with Gasteiger partial charge in [0.1, 0.15) is 33.9 Å². The number of allylic oxidation sites excluding steroid dienone is 2. The van der Waals surface area contributed by atoms with Gasteiger partial charge < -0.3 is 45.1 Å². The summed E-state index contributed by atoms with van der Waals surface area (Å²) in [6.45, 7) is 13.4. The molecule has 6 N–H and O–H groups in total. The molecule has 2 aromatic heterocycles. The Morgan fingerprint density at radius 3 is 2.28 bits per heavy atom. The van der Waals surface area contributed by atoms with Crippen molar-refractivity contribution < 1.29 is 49.3 Å². The van der Waals surface area contributed by atoms with Crippen LogP contribution in [0.15, 0.2) is 54.5 Å². The molecule has 0 saturated heterocycles. The van der Waals surface area contributed by atoms with E-state index in [2.05, 4.69) is 5.32 Å². The van der Waals surface area contributed by atoms with Crippen LogP contribution in [0, 0.1) is 37.5 Å². The summed E-state index contributed by atoms with van der Waals surface area (Å²) in [7, 11) is 1.46. The SMILES string of the molecule is CO[C@H]1/C=C/O[C@@]2(C)Oc3c(C)c(O)c4c(O)c(c5c(nc6cc(C)ccn65)c4c3C2=O)NC(=O)/C(C)=C\C=C\[C@H](C)C(O)[C@@H](C)[C@@H](O)[C@@H](C)C(O)[C@@H]1C. The van der Waals surface area contributed by atoms with E-state index in [4.69, 9.17) is 19.2 Å². The summed E-state index contributed by atoms with van der Waals surface area (Å²) in [6.07, 6.45) is 5.55. The molecular formula is C41H49N3O10. The van der Waals surface area contributed by atoms with E-state index in [1.165, 1.54) is 26.4 Å². The van der Waals surface area contributed by atoms with Crippen LogP contribution in [-0.2, 0) is 14.3 Å². The number of aliphatic hydroxyl groups is 3. The lowest BCUT2D eigenvalue weighted by Crippen LogP contribution is -2.44. The van der Waals surface area contributed by atoms with Crippen LogP contribution in [0.2, 0.25) is 0 Å². The number of pyridine rings is 1. The van der Waals surface area contributed by atoms with Gasteiger partial charge in [0.15, 0.2) is 5.75 Å². The molecule has 0 radical (unpaired) electrons. The summed E-state index contributed by atoms with van der Waals surface area (Å²) < 4.78 is 19.5. The fourth-order valence-electron chi connectivity index (χ4n) is 7.64. The second-order valence-corrected chi connectivity index (χ2v) is 15.0. The summed E-state index contributed by atoms with van der Waals surface area (Å²) in [5.74, 6) is -6.23. The maximum absolute atomic E-state index is 14.5. The van der Waals surface area contributed by atoms with Crippen molar-refractivity contribution in [3.05, 3.63) is 71.2 Å². The van der Waals surface area contributed by atoms with Crippen molar-refractivity contribution in [2.75, 3.05) is 12.4 Å². The Morgan fingerprint density at radius 1 is 0.926 bits per heavy atom. The molecule has 1 amide bonds. The predicted octanol–water partition coefficient (Wildman–Crippen LogP) is 5.59. The number of rotatable bonds is 1. The molecule has 6 rings (SSSR count). The quantitative estimate of drug-likeness (QED) is 0.133. The Hall–Kier alpha value is -4.95. The number of aryl methyl sites for hydroxylation is 1. The van der Waals surface area contributed by atoms with E-state index in [0.29, 0.717) is 5.65 Å². The van der Waals surface area contributed by atoms with Crippen LogP contribution in [-0.4, -0.2) is 83.9 Å². The maximum atomic E-state index is 14.5. The lowest BCUT2D eigenvalue weighted by Gasteiger charge is -2.36. The number of anilines is 1. The van der Waals surface area contributed by atoms with Gasteiger partial charge in [0.2, 0.25) is 0 Å². The van der Waals surface area contributed by atoms with E-state index < -0.39 is 71.3 Å². The minimum Gasteiger partial charge on any atom is -0.507 e. The number of carbonyl (C=O) groups is 2. The largest absolute Gasteiger partial charge is 0.507 e. The molecular weight excluding hydrogens is 694 g/mol. The number of ketones is 1. The van der Waals surface area contributed by atoms with Gasteiger partial charge in [-0.3, -0.25) is 14.0 Å². The standard InChI is InChI=1S/C41H49N3O10/c1-18-13-15-44-26(17-18)42-30-27-28-36(48)24(7)38-29(27)39(50)41(8,54-38)53-16-14-25(52-9)21(4)34(46)23(6)35(47)22(5)33(45)19(2)11-10-12-20(3)40(51)43-31(32(30)44)37(28)49/h10-17,19,21-23,25,33-35,45-49H,1-9H3,(H,43,51)/b11-10+,16-14+,20-12-/t19-,21+,22+,23-,25-,33?,34?,35+,41-/m0/s1. The molecule has 288 valence electrons. The van der Waals surface area contributed by atoms with Crippen molar-refractivity contribution in [3.63, 3.8) is 0 Å². The number of phenolic OH excluding ortho intramolecular Hbond substituents is 2. The van der Waals surface area contributed by atoms with E-state index in [1.807, 2.05) is 19.1 Å². The number of aromatic nitrogens is 2. The fourth-order valence-corrected chi connectivity index (χ4v) is 7.64.